The van der Waals surface area contributed by atoms with Gasteiger partial charge in [-0.25, -0.2) is 4.68 Å². The standard InChI is InChI=1S/C20H27F3N6/c1-16(20(21,22)23)27-12-14-28(15-13-27)19(24-2)25-10-8-17-4-6-18(7-5-17)29-11-3-9-26-29/h3-7,9,11,16H,8,10,12-15H2,1-2H3,(H,24,25). The lowest BCUT2D eigenvalue weighted by atomic mass is 10.1. The van der Waals surface area contributed by atoms with Crippen molar-refractivity contribution in [1.82, 2.24) is 24.9 Å². The molecule has 1 N–H and O–H groups in total. The molecule has 1 aromatic heterocycles. The smallest absolute Gasteiger partial charge is 0.356 e. The van der Waals surface area contributed by atoms with Crippen LogP contribution >= 0.6 is 0 Å². The van der Waals surface area contributed by atoms with Crippen LogP contribution in [-0.2, 0) is 6.42 Å². The van der Waals surface area contributed by atoms with E-state index in [1.165, 1.54) is 17.4 Å². The van der Waals surface area contributed by atoms with Crippen LogP contribution in [0.5, 0.6) is 0 Å². The van der Waals surface area contributed by atoms with Crippen LogP contribution in [0.2, 0.25) is 0 Å². The van der Waals surface area contributed by atoms with E-state index in [1.54, 1.807) is 13.2 Å². The van der Waals surface area contributed by atoms with Crippen molar-refractivity contribution in [2.75, 3.05) is 39.8 Å². The number of halogens is 3. The van der Waals surface area contributed by atoms with Gasteiger partial charge in [0.2, 0.25) is 0 Å². The van der Waals surface area contributed by atoms with Gasteiger partial charge in [-0.3, -0.25) is 9.89 Å². The van der Waals surface area contributed by atoms with Gasteiger partial charge in [-0.15, -0.1) is 0 Å². The molecule has 0 radical (unpaired) electrons. The summed E-state index contributed by atoms with van der Waals surface area (Å²) in [5, 5.41) is 7.53. The second-order valence-corrected chi connectivity index (χ2v) is 7.08. The molecule has 0 aliphatic carbocycles. The molecule has 158 valence electrons. The van der Waals surface area contributed by atoms with Crippen LogP contribution in [0.15, 0.2) is 47.7 Å². The van der Waals surface area contributed by atoms with Gasteiger partial charge >= 0.3 is 6.18 Å². The second kappa shape index (κ2) is 9.30. The van der Waals surface area contributed by atoms with Gasteiger partial charge in [-0.2, -0.15) is 18.3 Å². The molecule has 1 aliphatic heterocycles. The van der Waals surface area contributed by atoms with Gasteiger partial charge in [-0.05, 0) is 37.1 Å². The van der Waals surface area contributed by atoms with Crippen LogP contribution in [0.4, 0.5) is 13.2 Å². The maximum atomic E-state index is 12.9. The summed E-state index contributed by atoms with van der Waals surface area (Å²) in [6.07, 6.45) is 0.279. The van der Waals surface area contributed by atoms with Gasteiger partial charge in [0.05, 0.1) is 5.69 Å². The summed E-state index contributed by atoms with van der Waals surface area (Å²) in [4.78, 5) is 7.78. The normalized spacial score (nSPS) is 17.4. The van der Waals surface area contributed by atoms with Crippen molar-refractivity contribution in [1.29, 1.82) is 0 Å². The minimum absolute atomic E-state index is 0.371. The average Bonchev–Trinajstić information content (AvgIpc) is 3.25. The summed E-state index contributed by atoms with van der Waals surface area (Å²) >= 11 is 0. The zero-order valence-corrected chi connectivity index (χ0v) is 16.7. The highest BCUT2D eigenvalue weighted by molar-refractivity contribution is 5.80. The van der Waals surface area contributed by atoms with E-state index >= 15 is 0 Å². The Hall–Kier alpha value is -2.55. The van der Waals surface area contributed by atoms with E-state index in [2.05, 4.69) is 27.5 Å². The minimum atomic E-state index is -4.19. The predicted octanol–water partition coefficient (Wildman–Crippen LogP) is 2.56. The minimum Gasteiger partial charge on any atom is -0.356 e. The molecule has 1 fully saturated rings. The Balaban J connectivity index is 1.45. The SMILES string of the molecule is CN=C(NCCc1ccc(-n2cccn2)cc1)N1CCN(C(C)C(F)(F)F)CC1. The number of rotatable bonds is 5. The molecule has 29 heavy (non-hydrogen) atoms. The van der Waals surface area contributed by atoms with Gasteiger partial charge in [0.25, 0.3) is 0 Å². The number of nitrogens with zero attached hydrogens (tertiary/aromatic N) is 5. The van der Waals surface area contributed by atoms with E-state index in [4.69, 9.17) is 0 Å². The number of guanidine groups is 1. The highest BCUT2D eigenvalue weighted by Gasteiger charge is 2.41. The fourth-order valence-corrected chi connectivity index (χ4v) is 3.42. The third kappa shape index (κ3) is 5.50. The fraction of sp³-hybridized carbons (Fsp3) is 0.500. The Morgan fingerprint density at radius 2 is 1.86 bits per heavy atom. The van der Waals surface area contributed by atoms with Crippen LogP contribution in [0.1, 0.15) is 12.5 Å². The van der Waals surface area contributed by atoms with Gasteiger partial charge < -0.3 is 10.2 Å². The summed E-state index contributed by atoms with van der Waals surface area (Å²) in [6.45, 7) is 3.72. The molecule has 1 unspecified atom stereocenters. The quantitative estimate of drug-likeness (QED) is 0.610. The summed E-state index contributed by atoms with van der Waals surface area (Å²) in [7, 11) is 1.70. The van der Waals surface area contributed by atoms with Crippen molar-refractivity contribution in [2.45, 2.75) is 25.6 Å². The lowest BCUT2D eigenvalue weighted by molar-refractivity contribution is -0.181. The molecule has 3 rings (SSSR count). The molecule has 0 bridgehead atoms. The molecule has 0 spiro atoms. The number of hydrogen-bond acceptors (Lipinski definition) is 3. The molecular weight excluding hydrogens is 381 g/mol. The third-order valence-corrected chi connectivity index (χ3v) is 5.25. The first-order valence-corrected chi connectivity index (χ1v) is 9.74. The Bertz CT molecular complexity index is 778. The first kappa shape index (κ1) is 21.2. The lowest BCUT2D eigenvalue weighted by Gasteiger charge is -2.39. The van der Waals surface area contributed by atoms with Crippen LogP contribution < -0.4 is 5.32 Å². The lowest BCUT2D eigenvalue weighted by Crippen LogP contribution is -2.56. The van der Waals surface area contributed by atoms with Crippen molar-refractivity contribution in [3.63, 3.8) is 0 Å². The average molecular weight is 408 g/mol. The molecule has 9 heteroatoms. The summed E-state index contributed by atoms with van der Waals surface area (Å²) in [6, 6.07) is 8.66. The Labute approximate surface area is 169 Å². The molecule has 1 aromatic carbocycles. The molecule has 1 aliphatic rings. The van der Waals surface area contributed by atoms with Crippen molar-refractivity contribution in [3.8, 4) is 5.69 Å². The Kier molecular flexibility index (Phi) is 6.79. The van der Waals surface area contributed by atoms with E-state index < -0.39 is 12.2 Å². The third-order valence-electron chi connectivity index (χ3n) is 5.25. The summed E-state index contributed by atoms with van der Waals surface area (Å²) < 4.78 is 40.5. The number of hydrogen-bond donors (Lipinski definition) is 1. The van der Waals surface area contributed by atoms with Gasteiger partial charge in [0.1, 0.15) is 6.04 Å². The number of alkyl halides is 3. The number of aromatic nitrogens is 2. The summed E-state index contributed by atoms with van der Waals surface area (Å²) in [5.41, 5.74) is 2.20. The molecule has 0 amide bonds. The van der Waals surface area contributed by atoms with Crippen molar-refractivity contribution in [2.24, 2.45) is 4.99 Å². The predicted molar refractivity (Wildman–Crippen MR) is 107 cm³/mol. The maximum Gasteiger partial charge on any atom is 0.403 e. The first-order valence-electron chi connectivity index (χ1n) is 9.74. The van der Waals surface area contributed by atoms with E-state index in [0.717, 1.165) is 18.1 Å². The number of piperazine rings is 1. The largest absolute Gasteiger partial charge is 0.403 e. The zero-order valence-electron chi connectivity index (χ0n) is 16.7. The summed E-state index contributed by atoms with van der Waals surface area (Å²) in [5.74, 6) is 0.734. The molecule has 0 saturated carbocycles. The van der Waals surface area contributed by atoms with Crippen molar-refractivity contribution >= 4 is 5.96 Å². The van der Waals surface area contributed by atoms with E-state index in [1.807, 2.05) is 34.0 Å². The topological polar surface area (TPSA) is 48.7 Å². The number of nitrogens with one attached hydrogen (secondary N) is 1. The molecule has 6 nitrogen and oxygen atoms in total. The van der Waals surface area contributed by atoms with Crippen molar-refractivity contribution in [3.05, 3.63) is 48.3 Å². The molecular formula is C20H27F3N6. The first-order chi connectivity index (χ1) is 13.9. The molecule has 2 heterocycles. The van der Waals surface area contributed by atoms with Crippen molar-refractivity contribution < 1.29 is 13.2 Å². The van der Waals surface area contributed by atoms with Gasteiger partial charge in [-0.1, -0.05) is 12.1 Å². The van der Waals surface area contributed by atoms with Gasteiger partial charge in [0.15, 0.2) is 5.96 Å². The van der Waals surface area contributed by atoms with Crippen LogP contribution in [0, 0.1) is 0 Å². The van der Waals surface area contributed by atoms with Crippen LogP contribution in [0.3, 0.4) is 0 Å². The molecule has 1 atom stereocenters. The fourth-order valence-electron chi connectivity index (χ4n) is 3.42. The monoisotopic (exact) mass is 408 g/mol. The van der Waals surface area contributed by atoms with E-state index in [9.17, 15) is 13.2 Å². The van der Waals surface area contributed by atoms with E-state index in [0.29, 0.717) is 32.7 Å². The molecule has 1 saturated heterocycles. The number of benzene rings is 1. The number of aliphatic imine (C=N–C) groups is 1. The zero-order chi connectivity index (χ0) is 20.9. The highest BCUT2D eigenvalue weighted by atomic mass is 19.4. The van der Waals surface area contributed by atoms with E-state index in [-0.39, 0.29) is 0 Å². The van der Waals surface area contributed by atoms with Gasteiger partial charge in [0, 0.05) is 52.2 Å². The maximum absolute atomic E-state index is 12.9. The highest BCUT2D eigenvalue weighted by Crippen LogP contribution is 2.25. The Morgan fingerprint density at radius 1 is 1.17 bits per heavy atom. The van der Waals surface area contributed by atoms with Crippen LogP contribution in [-0.4, -0.2) is 77.5 Å². The molecule has 2 aromatic rings. The Morgan fingerprint density at radius 3 is 2.41 bits per heavy atom. The van der Waals surface area contributed by atoms with Crippen LogP contribution in [0.25, 0.3) is 5.69 Å². The second-order valence-electron chi connectivity index (χ2n) is 7.08.